The third kappa shape index (κ3) is 3.57. The first-order valence-electron chi connectivity index (χ1n) is 6.74. The van der Waals surface area contributed by atoms with E-state index in [0.717, 1.165) is 43.9 Å². The van der Waals surface area contributed by atoms with Crippen molar-refractivity contribution in [3.8, 4) is 0 Å². The molecule has 0 bridgehead atoms. The standard InChI is InChI=1S/C13H22N4O/c1-2-14-11-8-12(17-10-16-11)15-9-13(18)6-4-3-5-7-13/h8,10,18H,2-7,9H2,1H3,(H2,14,15,16,17). The molecule has 5 nitrogen and oxygen atoms in total. The minimum absolute atomic E-state index is 0.565. The molecule has 1 aromatic heterocycles. The van der Waals surface area contributed by atoms with E-state index in [1.165, 1.54) is 12.7 Å². The second-order valence-corrected chi connectivity index (χ2v) is 4.96. The van der Waals surface area contributed by atoms with Crippen molar-refractivity contribution < 1.29 is 5.11 Å². The van der Waals surface area contributed by atoms with Crippen molar-refractivity contribution in [2.45, 2.75) is 44.6 Å². The van der Waals surface area contributed by atoms with Crippen molar-refractivity contribution >= 4 is 11.6 Å². The first-order chi connectivity index (χ1) is 8.72. The lowest BCUT2D eigenvalue weighted by molar-refractivity contribution is 0.0166. The van der Waals surface area contributed by atoms with Crippen LogP contribution in [0.5, 0.6) is 0 Å². The van der Waals surface area contributed by atoms with Crippen LogP contribution in [0, 0.1) is 0 Å². The average Bonchev–Trinajstić information content (AvgIpc) is 2.38. The molecule has 1 aliphatic rings. The van der Waals surface area contributed by atoms with Crippen LogP contribution < -0.4 is 10.6 Å². The van der Waals surface area contributed by atoms with Gasteiger partial charge in [-0.15, -0.1) is 0 Å². The normalized spacial score (nSPS) is 18.3. The van der Waals surface area contributed by atoms with Crippen molar-refractivity contribution in [1.82, 2.24) is 9.97 Å². The quantitative estimate of drug-likeness (QED) is 0.746. The van der Waals surface area contributed by atoms with Crippen LogP contribution >= 0.6 is 0 Å². The van der Waals surface area contributed by atoms with Gasteiger partial charge in [0.15, 0.2) is 0 Å². The maximum atomic E-state index is 10.4. The maximum Gasteiger partial charge on any atom is 0.131 e. The van der Waals surface area contributed by atoms with E-state index in [2.05, 4.69) is 20.6 Å². The fourth-order valence-corrected chi connectivity index (χ4v) is 2.37. The predicted octanol–water partition coefficient (Wildman–Crippen LogP) is 2.02. The SMILES string of the molecule is CCNc1cc(NCC2(O)CCCCC2)ncn1. The Bertz CT molecular complexity index is 377. The first kappa shape index (κ1) is 13.1. The lowest BCUT2D eigenvalue weighted by atomic mass is 9.85. The number of hydrogen-bond donors (Lipinski definition) is 3. The highest BCUT2D eigenvalue weighted by molar-refractivity contribution is 5.46. The lowest BCUT2D eigenvalue weighted by Gasteiger charge is -2.32. The van der Waals surface area contributed by atoms with Gasteiger partial charge in [-0.1, -0.05) is 19.3 Å². The second-order valence-electron chi connectivity index (χ2n) is 4.96. The summed E-state index contributed by atoms with van der Waals surface area (Å²) in [4.78, 5) is 8.28. The number of nitrogens with zero attached hydrogens (tertiary/aromatic N) is 2. The summed E-state index contributed by atoms with van der Waals surface area (Å²) >= 11 is 0. The largest absolute Gasteiger partial charge is 0.388 e. The topological polar surface area (TPSA) is 70.1 Å². The van der Waals surface area contributed by atoms with Crippen molar-refractivity contribution in [3.05, 3.63) is 12.4 Å². The summed E-state index contributed by atoms with van der Waals surface area (Å²) in [7, 11) is 0. The Kier molecular flexibility index (Phi) is 4.36. The van der Waals surface area contributed by atoms with Crippen molar-refractivity contribution in [3.63, 3.8) is 0 Å². The van der Waals surface area contributed by atoms with Crippen molar-refractivity contribution in [2.24, 2.45) is 0 Å². The molecule has 0 spiro atoms. The fraction of sp³-hybridized carbons (Fsp3) is 0.692. The third-order valence-electron chi connectivity index (χ3n) is 3.41. The highest BCUT2D eigenvalue weighted by Gasteiger charge is 2.28. The molecule has 1 heterocycles. The molecule has 2 rings (SSSR count). The zero-order chi connectivity index (χ0) is 12.8. The van der Waals surface area contributed by atoms with E-state index in [4.69, 9.17) is 0 Å². The van der Waals surface area contributed by atoms with E-state index >= 15 is 0 Å². The number of rotatable bonds is 5. The van der Waals surface area contributed by atoms with Gasteiger partial charge in [0, 0.05) is 19.2 Å². The predicted molar refractivity (Wildman–Crippen MR) is 72.7 cm³/mol. The number of aromatic nitrogens is 2. The molecule has 0 aromatic carbocycles. The second kappa shape index (κ2) is 6.00. The molecule has 0 unspecified atom stereocenters. The molecule has 0 atom stereocenters. The van der Waals surface area contributed by atoms with E-state index in [1.54, 1.807) is 0 Å². The molecule has 3 N–H and O–H groups in total. The molecular weight excluding hydrogens is 228 g/mol. The first-order valence-corrected chi connectivity index (χ1v) is 6.74. The van der Waals surface area contributed by atoms with Crippen LogP contribution in [0.3, 0.4) is 0 Å². The highest BCUT2D eigenvalue weighted by atomic mass is 16.3. The van der Waals surface area contributed by atoms with Crippen LogP contribution in [0.15, 0.2) is 12.4 Å². The molecule has 0 radical (unpaired) electrons. The zero-order valence-corrected chi connectivity index (χ0v) is 10.9. The summed E-state index contributed by atoms with van der Waals surface area (Å²) in [5.74, 6) is 1.57. The van der Waals surface area contributed by atoms with Crippen molar-refractivity contribution in [2.75, 3.05) is 23.7 Å². The molecule has 0 saturated heterocycles. The van der Waals surface area contributed by atoms with Crippen LogP contribution in [-0.2, 0) is 0 Å². The Morgan fingerprint density at radius 2 is 1.83 bits per heavy atom. The Balaban J connectivity index is 1.90. The van der Waals surface area contributed by atoms with Gasteiger partial charge in [0.25, 0.3) is 0 Å². The Morgan fingerprint density at radius 3 is 2.50 bits per heavy atom. The molecule has 1 saturated carbocycles. The molecule has 18 heavy (non-hydrogen) atoms. The Hall–Kier alpha value is -1.36. The Labute approximate surface area is 108 Å². The molecular formula is C13H22N4O. The van der Waals surface area contributed by atoms with Crippen LogP contribution in [-0.4, -0.2) is 33.8 Å². The minimum atomic E-state index is -0.568. The van der Waals surface area contributed by atoms with Gasteiger partial charge in [0.2, 0.25) is 0 Å². The molecule has 100 valence electrons. The average molecular weight is 250 g/mol. The van der Waals surface area contributed by atoms with Crippen LogP contribution in [0.25, 0.3) is 0 Å². The molecule has 1 aliphatic carbocycles. The molecule has 1 aromatic rings. The highest BCUT2D eigenvalue weighted by Crippen LogP contribution is 2.28. The summed E-state index contributed by atoms with van der Waals surface area (Å²) in [6.07, 6.45) is 6.76. The van der Waals surface area contributed by atoms with Gasteiger partial charge in [-0.2, -0.15) is 0 Å². The van der Waals surface area contributed by atoms with Gasteiger partial charge in [-0.3, -0.25) is 0 Å². The van der Waals surface area contributed by atoms with Gasteiger partial charge >= 0.3 is 0 Å². The van der Waals surface area contributed by atoms with E-state index in [9.17, 15) is 5.11 Å². The number of anilines is 2. The monoisotopic (exact) mass is 250 g/mol. The van der Waals surface area contributed by atoms with Gasteiger partial charge < -0.3 is 15.7 Å². The Morgan fingerprint density at radius 1 is 1.17 bits per heavy atom. The number of aliphatic hydroxyl groups is 1. The van der Waals surface area contributed by atoms with Crippen LogP contribution in [0.4, 0.5) is 11.6 Å². The van der Waals surface area contributed by atoms with Crippen LogP contribution in [0.1, 0.15) is 39.0 Å². The molecule has 0 amide bonds. The van der Waals surface area contributed by atoms with E-state index in [1.807, 2.05) is 13.0 Å². The van der Waals surface area contributed by atoms with Crippen molar-refractivity contribution in [1.29, 1.82) is 0 Å². The van der Waals surface area contributed by atoms with Gasteiger partial charge in [-0.05, 0) is 19.8 Å². The minimum Gasteiger partial charge on any atom is -0.388 e. The smallest absolute Gasteiger partial charge is 0.131 e. The number of nitrogens with one attached hydrogen (secondary N) is 2. The zero-order valence-electron chi connectivity index (χ0n) is 10.9. The van der Waals surface area contributed by atoms with E-state index < -0.39 is 5.60 Å². The summed E-state index contributed by atoms with van der Waals surface area (Å²) in [6, 6.07) is 1.87. The third-order valence-corrected chi connectivity index (χ3v) is 3.41. The summed E-state index contributed by atoms with van der Waals surface area (Å²) in [5.41, 5.74) is -0.568. The number of hydrogen-bond acceptors (Lipinski definition) is 5. The molecule has 0 aliphatic heterocycles. The van der Waals surface area contributed by atoms with E-state index in [0.29, 0.717) is 6.54 Å². The fourth-order valence-electron chi connectivity index (χ4n) is 2.37. The maximum absolute atomic E-state index is 10.4. The van der Waals surface area contributed by atoms with Crippen LogP contribution in [0.2, 0.25) is 0 Å². The lowest BCUT2D eigenvalue weighted by Crippen LogP contribution is -2.38. The molecule has 1 fully saturated rings. The summed E-state index contributed by atoms with van der Waals surface area (Å²) < 4.78 is 0. The van der Waals surface area contributed by atoms with Gasteiger partial charge in [-0.25, -0.2) is 9.97 Å². The summed E-state index contributed by atoms with van der Waals surface area (Å²) in [6.45, 7) is 3.43. The van der Waals surface area contributed by atoms with Gasteiger partial charge in [0.05, 0.1) is 5.60 Å². The van der Waals surface area contributed by atoms with E-state index in [-0.39, 0.29) is 0 Å². The molecule has 5 heteroatoms. The summed E-state index contributed by atoms with van der Waals surface area (Å²) in [5, 5.41) is 16.7. The van der Waals surface area contributed by atoms with Gasteiger partial charge in [0.1, 0.15) is 18.0 Å².